The van der Waals surface area contributed by atoms with Gasteiger partial charge in [0.2, 0.25) is 0 Å². The van der Waals surface area contributed by atoms with Crippen LogP contribution in [0.5, 0.6) is 0 Å². The molecule has 0 amide bonds. The van der Waals surface area contributed by atoms with Crippen molar-refractivity contribution in [3.63, 3.8) is 0 Å². The van der Waals surface area contributed by atoms with E-state index in [0.717, 1.165) is 32.0 Å². The minimum Gasteiger partial charge on any atom is -0.393 e. The highest BCUT2D eigenvalue weighted by Gasteiger charge is 2.18. The van der Waals surface area contributed by atoms with Crippen LogP contribution in [0.2, 0.25) is 0 Å². The van der Waals surface area contributed by atoms with Gasteiger partial charge in [-0.3, -0.25) is 4.90 Å². The Morgan fingerprint density at radius 3 is 2.56 bits per heavy atom. The van der Waals surface area contributed by atoms with Gasteiger partial charge in [0.25, 0.3) is 0 Å². The lowest BCUT2D eigenvalue weighted by Crippen LogP contribution is -2.35. The van der Waals surface area contributed by atoms with Gasteiger partial charge in [-0.1, -0.05) is 6.07 Å². The van der Waals surface area contributed by atoms with Crippen LogP contribution in [0.15, 0.2) is 18.2 Å². The molecule has 0 aliphatic carbocycles. The Morgan fingerprint density at radius 2 is 1.94 bits per heavy atom. The molecule has 4 heteroatoms. The predicted molar refractivity (Wildman–Crippen MR) is 56.9 cm³/mol. The molecule has 1 aromatic rings. The average molecular weight is 227 g/mol. The second kappa shape index (κ2) is 4.89. The van der Waals surface area contributed by atoms with Crippen molar-refractivity contribution >= 4 is 0 Å². The van der Waals surface area contributed by atoms with Gasteiger partial charge < -0.3 is 5.11 Å². The van der Waals surface area contributed by atoms with E-state index < -0.39 is 11.6 Å². The predicted octanol–water partition coefficient (Wildman–Crippen LogP) is 1.92. The molecule has 1 fully saturated rings. The maximum atomic E-state index is 13.4. The molecule has 0 radical (unpaired) electrons. The maximum Gasteiger partial charge on any atom is 0.130 e. The van der Waals surface area contributed by atoms with E-state index in [1.807, 2.05) is 0 Å². The molecule has 1 aliphatic heterocycles. The fourth-order valence-electron chi connectivity index (χ4n) is 1.97. The van der Waals surface area contributed by atoms with Crippen molar-refractivity contribution in [1.82, 2.24) is 4.90 Å². The molecule has 1 aromatic carbocycles. The number of aliphatic hydroxyl groups excluding tert-OH is 1. The molecular weight excluding hydrogens is 212 g/mol. The lowest BCUT2D eigenvalue weighted by atomic mass is 10.1. The summed E-state index contributed by atoms with van der Waals surface area (Å²) in [6.45, 7) is 2.01. The Hall–Kier alpha value is -1.00. The Kier molecular flexibility index (Phi) is 3.51. The normalized spacial score (nSPS) is 18.9. The lowest BCUT2D eigenvalue weighted by molar-refractivity contribution is 0.0787. The van der Waals surface area contributed by atoms with Gasteiger partial charge in [0.15, 0.2) is 0 Å². The van der Waals surface area contributed by atoms with E-state index in [4.69, 9.17) is 0 Å². The SMILES string of the molecule is OC1CCN(Cc2ccc(F)cc2F)CC1. The number of hydrogen-bond donors (Lipinski definition) is 1. The molecule has 0 unspecified atom stereocenters. The van der Waals surface area contributed by atoms with Gasteiger partial charge in [0.05, 0.1) is 6.10 Å². The fourth-order valence-corrected chi connectivity index (χ4v) is 1.97. The Balaban J connectivity index is 1.98. The number of nitrogens with zero attached hydrogens (tertiary/aromatic N) is 1. The van der Waals surface area contributed by atoms with Gasteiger partial charge in [-0.2, -0.15) is 0 Å². The Bertz CT molecular complexity index is 362. The third-order valence-corrected chi connectivity index (χ3v) is 2.97. The first-order valence-corrected chi connectivity index (χ1v) is 5.49. The summed E-state index contributed by atoms with van der Waals surface area (Å²) in [6.07, 6.45) is 1.22. The average Bonchev–Trinajstić information content (AvgIpc) is 2.25. The monoisotopic (exact) mass is 227 g/mol. The van der Waals surface area contributed by atoms with Crippen LogP contribution in [0.4, 0.5) is 8.78 Å². The van der Waals surface area contributed by atoms with Gasteiger partial charge in [0.1, 0.15) is 11.6 Å². The lowest BCUT2D eigenvalue weighted by Gasteiger charge is -2.29. The first-order valence-electron chi connectivity index (χ1n) is 5.49. The summed E-state index contributed by atoms with van der Waals surface area (Å²) in [5.74, 6) is -1.04. The molecule has 0 atom stereocenters. The van der Waals surface area contributed by atoms with Crippen LogP contribution in [0.25, 0.3) is 0 Å². The molecule has 0 spiro atoms. The highest BCUT2D eigenvalue weighted by molar-refractivity contribution is 5.18. The molecule has 2 rings (SSSR count). The first-order chi connectivity index (χ1) is 7.65. The highest BCUT2D eigenvalue weighted by Crippen LogP contribution is 2.16. The second-order valence-electron chi connectivity index (χ2n) is 4.24. The molecule has 1 aliphatic rings. The molecule has 0 saturated carbocycles. The standard InChI is InChI=1S/C12H15F2NO/c13-10-2-1-9(12(14)7-10)8-15-5-3-11(16)4-6-15/h1-2,7,11,16H,3-6,8H2. The van der Waals surface area contributed by atoms with Crippen molar-refractivity contribution in [1.29, 1.82) is 0 Å². The van der Waals surface area contributed by atoms with Gasteiger partial charge in [0, 0.05) is 31.3 Å². The summed E-state index contributed by atoms with van der Waals surface area (Å²) in [4.78, 5) is 2.07. The van der Waals surface area contributed by atoms with E-state index >= 15 is 0 Å². The van der Waals surface area contributed by atoms with Gasteiger partial charge in [-0.15, -0.1) is 0 Å². The molecule has 16 heavy (non-hydrogen) atoms. The zero-order chi connectivity index (χ0) is 11.5. The summed E-state index contributed by atoms with van der Waals surface area (Å²) < 4.78 is 26.1. The van der Waals surface area contributed by atoms with Crippen molar-refractivity contribution < 1.29 is 13.9 Å². The van der Waals surface area contributed by atoms with Crippen LogP contribution in [0.1, 0.15) is 18.4 Å². The summed E-state index contributed by atoms with van der Waals surface area (Å²) in [7, 11) is 0. The van der Waals surface area contributed by atoms with Crippen molar-refractivity contribution in [2.75, 3.05) is 13.1 Å². The first kappa shape index (κ1) is 11.5. The smallest absolute Gasteiger partial charge is 0.130 e. The molecular formula is C12H15F2NO. The highest BCUT2D eigenvalue weighted by atomic mass is 19.1. The summed E-state index contributed by atoms with van der Waals surface area (Å²) in [5.41, 5.74) is 0.512. The Morgan fingerprint density at radius 1 is 1.25 bits per heavy atom. The summed E-state index contributed by atoms with van der Waals surface area (Å²) >= 11 is 0. The number of rotatable bonds is 2. The van der Waals surface area contributed by atoms with E-state index in [9.17, 15) is 13.9 Å². The fraction of sp³-hybridized carbons (Fsp3) is 0.500. The Labute approximate surface area is 93.5 Å². The summed E-state index contributed by atoms with van der Waals surface area (Å²) in [6, 6.07) is 3.67. The third-order valence-electron chi connectivity index (χ3n) is 2.97. The number of likely N-dealkylation sites (tertiary alicyclic amines) is 1. The van der Waals surface area contributed by atoms with Crippen LogP contribution in [-0.4, -0.2) is 29.2 Å². The van der Waals surface area contributed by atoms with E-state index in [1.165, 1.54) is 12.1 Å². The molecule has 2 nitrogen and oxygen atoms in total. The van der Waals surface area contributed by atoms with E-state index in [1.54, 1.807) is 0 Å². The zero-order valence-electron chi connectivity index (χ0n) is 9.00. The molecule has 0 bridgehead atoms. The zero-order valence-corrected chi connectivity index (χ0v) is 9.00. The van der Waals surface area contributed by atoms with Gasteiger partial charge in [-0.05, 0) is 18.9 Å². The van der Waals surface area contributed by atoms with Crippen LogP contribution in [0.3, 0.4) is 0 Å². The van der Waals surface area contributed by atoms with Crippen molar-refractivity contribution in [2.45, 2.75) is 25.5 Å². The number of hydrogen-bond acceptors (Lipinski definition) is 2. The molecule has 1 N–H and O–H groups in total. The van der Waals surface area contributed by atoms with Crippen molar-refractivity contribution in [2.24, 2.45) is 0 Å². The summed E-state index contributed by atoms with van der Waals surface area (Å²) in [5, 5.41) is 9.33. The maximum absolute atomic E-state index is 13.4. The van der Waals surface area contributed by atoms with Gasteiger partial charge >= 0.3 is 0 Å². The molecule has 1 heterocycles. The molecule has 1 saturated heterocycles. The largest absolute Gasteiger partial charge is 0.393 e. The van der Waals surface area contributed by atoms with Gasteiger partial charge in [-0.25, -0.2) is 8.78 Å². The van der Waals surface area contributed by atoms with E-state index in [2.05, 4.69) is 4.90 Å². The van der Waals surface area contributed by atoms with E-state index in [0.29, 0.717) is 12.1 Å². The molecule has 0 aromatic heterocycles. The third kappa shape index (κ3) is 2.77. The minimum atomic E-state index is -0.546. The van der Waals surface area contributed by atoms with Crippen LogP contribution >= 0.6 is 0 Å². The van der Waals surface area contributed by atoms with Crippen LogP contribution < -0.4 is 0 Å². The number of halogens is 2. The van der Waals surface area contributed by atoms with Crippen LogP contribution in [-0.2, 0) is 6.54 Å². The van der Waals surface area contributed by atoms with Crippen molar-refractivity contribution in [3.8, 4) is 0 Å². The number of piperidine rings is 1. The van der Waals surface area contributed by atoms with E-state index in [-0.39, 0.29) is 6.10 Å². The number of benzene rings is 1. The quantitative estimate of drug-likeness (QED) is 0.834. The van der Waals surface area contributed by atoms with Crippen molar-refractivity contribution in [3.05, 3.63) is 35.4 Å². The minimum absolute atomic E-state index is 0.227. The second-order valence-corrected chi connectivity index (χ2v) is 4.24. The van der Waals surface area contributed by atoms with Crippen LogP contribution in [0, 0.1) is 11.6 Å². The molecule has 88 valence electrons. The number of aliphatic hydroxyl groups is 1. The topological polar surface area (TPSA) is 23.5 Å².